The smallest absolute Gasteiger partial charge is 0.318 e. The minimum absolute atomic E-state index is 0.00299. The van der Waals surface area contributed by atoms with E-state index in [1.54, 1.807) is 0 Å². The van der Waals surface area contributed by atoms with Crippen LogP contribution in [0.15, 0.2) is 4.52 Å². The molecule has 1 aromatic rings. The monoisotopic (exact) mass is 320 g/mol. The molecule has 1 saturated carbocycles. The van der Waals surface area contributed by atoms with Crippen LogP contribution in [-0.2, 0) is 0 Å². The first-order valence-electron chi connectivity index (χ1n) is 9.04. The summed E-state index contributed by atoms with van der Waals surface area (Å²) in [5, 5.41) is 7.19. The van der Waals surface area contributed by atoms with Gasteiger partial charge in [-0.25, -0.2) is 4.79 Å². The van der Waals surface area contributed by atoms with Gasteiger partial charge in [0.2, 0.25) is 5.89 Å². The van der Waals surface area contributed by atoms with Crippen molar-refractivity contribution in [1.82, 2.24) is 20.4 Å². The Balaban J connectivity index is 1.64. The predicted octanol–water partition coefficient (Wildman–Crippen LogP) is 3.62. The van der Waals surface area contributed by atoms with Gasteiger partial charge >= 0.3 is 6.03 Å². The van der Waals surface area contributed by atoms with E-state index in [1.165, 1.54) is 19.3 Å². The molecular formula is C17H28N4O2. The van der Waals surface area contributed by atoms with E-state index in [0.29, 0.717) is 11.8 Å². The summed E-state index contributed by atoms with van der Waals surface area (Å²) in [6, 6.07) is -0.218. The third-order valence-electron chi connectivity index (χ3n) is 4.75. The van der Waals surface area contributed by atoms with Crippen LogP contribution in [-0.4, -0.2) is 34.2 Å². The lowest BCUT2D eigenvalue weighted by Gasteiger charge is -2.28. The number of amides is 2. The molecule has 0 bridgehead atoms. The van der Waals surface area contributed by atoms with Gasteiger partial charge in [-0.1, -0.05) is 38.3 Å². The van der Waals surface area contributed by atoms with Crippen molar-refractivity contribution in [2.45, 2.75) is 70.8 Å². The van der Waals surface area contributed by atoms with Crippen LogP contribution in [0.3, 0.4) is 0 Å². The molecule has 2 fully saturated rings. The number of carbonyl (C=O) groups is 1. The van der Waals surface area contributed by atoms with Crippen LogP contribution in [0.25, 0.3) is 0 Å². The molecule has 0 spiro atoms. The second-order valence-electron chi connectivity index (χ2n) is 7.19. The number of nitrogens with one attached hydrogen (secondary N) is 1. The van der Waals surface area contributed by atoms with Gasteiger partial charge in [-0.05, 0) is 31.6 Å². The summed E-state index contributed by atoms with van der Waals surface area (Å²) in [7, 11) is 0. The van der Waals surface area contributed by atoms with Gasteiger partial charge in [0, 0.05) is 19.0 Å². The summed E-state index contributed by atoms with van der Waals surface area (Å²) in [4.78, 5) is 19.1. The van der Waals surface area contributed by atoms with E-state index in [1.807, 2.05) is 4.90 Å². The Morgan fingerprint density at radius 3 is 2.43 bits per heavy atom. The average Bonchev–Trinajstić information content (AvgIpc) is 3.22. The first kappa shape index (κ1) is 16.3. The zero-order valence-electron chi connectivity index (χ0n) is 14.3. The van der Waals surface area contributed by atoms with Gasteiger partial charge in [-0.15, -0.1) is 0 Å². The molecule has 6 heteroatoms. The highest BCUT2D eigenvalue weighted by molar-refractivity contribution is 5.74. The van der Waals surface area contributed by atoms with Gasteiger partial charge < -0.3 is 14.7 Å². The molecule has 2 heterocycles. The summed E-state index contributed by atoms with van der Waals surface area (Å²) >= 11 is 0. The summed E-state index contributed by atoms with van der Waals surface area (Å²) < 4.78 is 5.43. The largest absolute Gasteiger partial charge is 0.337 e. The molecule has 2 aliphatic rings. The predicted molar refractivity (Wildman–Crippen MR) is 87.0 cm³/mol. The second kappa shape index (κ2) is 7.32. The number of nitrogens with zero attached hydrogens (tertiary/aromatic N) is 3. The maximum atomic E-state index is 12.6. The highest BCUT2D eigenvalue weighted by Gasteiger charge is 2.32. The first-order chi connectivity index (χ1) is 11.1. The summed E-state index contributed by atoms with van der Waals surface area (Å²) in [6.45, 7) is 5.82. The molecule has 1 saturated heterocycles. The number of aromatic nitrogens is 2. The molecule has 0 unspecified atom stereocenters. The molecule has 1 aromatic heterocycles. The topological polar surface area (TPSA) is 71.3 Å². The molecule has 1 N–H and O–H groups in total. The van der Waals surface area contributed by atoms with Crippen molar-refractivity contribution in [3.05, 3.63) is 11.7 Å². The van der Waals surface area contributed by atoms with Crippen LogP contribution >= 0.6 is 0 Å². The van der Waals surface area contributed by atoms with E-state index < -0.39 is 0 Å². The van der Waals surface area contributed by atoms with Crippen molar-refractivity contribution in [3.8, 4) is 0 Å². The first-order valence-corrected chi connectivity index (χ1v) is 9.04. The van der Waals surface area contributed by atoms with Gasteiger partial charge in [0.15, 0.2) is 5.82 Å². The van der Waals surface area contributed by atoms with E-state index >= 15 is 0 Å². The maximum Gasteiger partial charge on any atom is 0.318 e. The number of rotatable bonds is 4. The lowest BCUT2D eigenvalue weighted by atomic mass is 10.0. The van der Waals surface area contributed by atoms with Crippen LogP contribution in [0.4, 0.5) is 4.79 Å². The molecule has 3 rings (SSSR count). The number of carbonyl (C=O) groups excluding carboxylic acids is 1. The Kier molecular flexibility index (Phi) is 5.18. The SMILES string of the molecule is CC(C)[C@H](NC(=O)N1CCCCCCC1)c1nc(C2CC2)no1. The number of hydrogen-bond donors (Lipinski definition) is 1. The van der Waals surface area contributed by atoms with Crippen molar-refractivity contribution in [3.63, 3.8) is 0 Å². The van der Waals surface area contributed by atoms with E-state index in [2.05, 4.69) is 29.3 Å². The van der Waals surface area contributed by atoms with Crippen LogP contribution in [0, 0.1) is 5.92 Å². The molecule has 2 amide bonds. The molecule has 0 radical (unpaired) electrons. The summed E-state index contributed by atoms with van der Waals surface area (Å²) in [5.74, 6) is 2.01. The fourth-order valence-electron chi connectivity index (χ4n) is 3.07. The van der Waals surface area contributed by atoms with Crippen LogP contribution in [0.1, 0.15) is 82.5 Å². The van der Waals surface area contributed by atoms with Crippen molar-refractivity contribution in [2.24, 2.45) is 5.92 Å². The fourth-order valence-corrected chi connectivity index (χ4v) is 3.07. The van der Waals surface area contributed by atoms with Gasteiger partial charge in [-0.3, -0.25) is 0 Å². The zero-order valence-corrected chi connectivity index (χ0v) is 14.3. The zero-order chi connectivity index (χ0) is 16.2. The van der Waals surface area contributed by atoms with Crippen LogP contribution in [0.2, 0.25) is 0 Å². The summed E-state index contributed by atoms with van der Waals surface area (Å²) in [5.41, 5.74) is 0. The van der Waals surface area contributed by atoms with E-state index in [0.717, 1.165) is 44.6 Å². The average molecular weight is 320 g/mol. The summed E-state index contributed by atoms with van der Waals surface area (Å²) in [6.07, 6.45) is 8.18. The van der Waals surface area contributed by atoms with E-state index in [9.17, 15) is 4.79 Å². The number of urea groups is 1. The number of likely N-dealkylation sites (tertiary alicyclic amines) is 1. The van der Waals surface area contributed by atoms with Crippen molar-refractivity contribution < 1.29 is 9.32 Å². The minimum atomic E-state index is -0.215. The molecule has 1 aliphatic heterocycles. The lowest BCUT2D eigenvalue weighted by Crippen LogP contribution is -2.44. The quantitative estimate of drug-likeness (QED) is 0.919. The Bertz CT molecular complexity index is 516. The van der Waals surface area contributed by atoms with Crippen molar-refractivity contribution >= 4 is 6.03 Å². The highest BCUT2D eigenvalue weighted by atomic mass is 16.5. The van der Waals surface area contributed by atoms with Crippen molar-refractivity contribution in [2.75, 3.05) is 13.1 Å². The molecule has 1 aliphatic carbocycles. The molecule has 0 aromatic carbocycles. The van der Waals surface area contributed by atoms with Gasteiger partial charge in [0.1, 0.15) is 6.04 Å². The fraction of sp³-hybridized carbons (Fsp3) is 0.824. The third-order valence-corrected chi connectivity index (χ3v) is 4.75. The maximum absolute atomic E-state index is 12.6. The Morgan fingerprint density at radius 2 is 1.83 bits per heavy atom. The highest BCUT2D eigenvalue weighted by Crippen LogP contribution is 2.38. The normalized spacial score (nSPS) is 20.9. The van der Waals surface area contributed by atoms with Gasteiger partial charge in [0.25, 0.3) is 0 Å². The van der Waals surface area contributed by atoms with Crippen molar-refractivity contribution in [1.29, 1.82) is 0 Å². The molecule has 6 nitrogen and oxygen atoms in total. The lowest BCUT2D eigenvalue weighted by molar-refractivity contribution is 0.179. The Hall–Kier alpha value is -1.59. The molecule has 128 valence electrons. The molecular weight excluding hydrogens is 292 g/mol. The van der Waals surface area contributed by atoms with E-state index in [4.69, 9.17) is 4.52 Å². The van der Waals surface area contributed by atoms with E-state index in [-0.39, 0.29) is 18.0 Å². The van der Waals surface area contributed by atoms with Gasteiger partial charge in [0.05, 0.1) is 0 Å². The Labute approximate surface area is 138 Å². The Morgan fingerprint density at radius 1 is 1.17 bits per heavy atom. The molecule has 23 heavy (non-hydrogen) atoms. The van der Waals surface area contributed by atoms with Gasteiger partial charge in [-0.2, -0.15) is 4.98 Å². The van der Waals surface area contributed by atoms with Crippen LogP contribution < -0.4 is 5.32 Å². The van der Waals surface area contributed by atoms with Crippen LogP contribution in [0.5, 0.6) is 0 Å². The standard InChI is InChI=1S/C17H28N4O2/c1-12(2)14(16-19-15(20-23-16)13-8-9-13)18-17(22)21-10-6-4-3-5-7-11-21/h12-14H,3-11H2,1-2H3,(H,18,22)/t14-/m0/s1. The third kappa shape index (κ3) is 4.24. The number of hydrogen-bond acceptors (Lipinski definition) is 4. The minimum Gasteiger partial charge on any atom is -0.337 e. The molecule has 1 atom stereocenters. The second-order valence-corrected chi connectivity index (χ2v) is 7.19.